The Morgan fingerprint density at radius 2 is 2.50 bits per heavy atom. The number of rotatable bonds is 4. The van der Waals surface area contributed by atoms with E-state index >= 15 is 0 Å². The Morgan fingerprint density at radius 3 is 3.17 bits per heavy atom. The molecule has 70 valence electrons. The summed E-state index contributed by atoms with van der Waals surface area (Å²) in [5.74, 6) is 0.740. The molecule has 0 aromatic rings. The lowest BCUT2D eigenvalue weighted by molar-refractivity contribution is 0.0552. The molecule has 1 N–H and O–H groups in total. The Bertz CT molecular complexity index is 128. The van der Waals surface area contributed by atoms with Crippen LogP contribution in [0.3, 0.4) is 0 Å². The largest absolute Gasteiger partial charge is 0.381 e. The highest BCUT2D eigenvalue weighted by Crippen LogP contribution is 2.11. The van der Waals surface area contributed by atoms with E-state index in [-0.39, 0.29) is 0 Å². The van der Waals surface area contributed by atoms with E-state index < -0.39 is 0 Å². The Labute approximate surface area is 75.0 Å². The summed E-state index contributed by atoms with van der Waals surface area (Å²) in [7, 11) is 0. The first-order valence-electron chi connectivity index (χ1n) is 4.83. The molecule has 1 rings (SSSR count). The lowest BCUT2D eigenvalue weighted by atomic mass is 10.0. The zero-order valence-electron chi connectivity index (χ0n) is 7.88. The van der Waals surface area contributed by atoms with E-state index in [0.29, 0.717) is 0 Å². The van der Waals surface area contributed by atoms with Gasteiger partial charge in [-0.25, -0.2) is 0 Å². The molecular weight excluding hydrogens is 150 g/mol. The molecule has 2 heteroatoms. The fourth-order valence-electron chi connectivity index (χ4n) is 1.46. The minimum Gasteiger partial charge on any atom is -0.381 e. The molecule has 1 unspecified atom stereocenters. The number of nitrogens with one attached hydrogen (secondary N) is 1. The average Bonchev–Trinajstić information content (AvgIpc) is 2.14. The maximum atomic E-state index is 5.38. The molecule has 0 amide bonds. The molecule has 1 saturated heterocycles. The molecule has 0 aliphatic carbocycles. The van der Waals surface area contributed by atoms with Gasteiger partial charge in [0.15, 0.2) is 0 Å². The summed E-state index contributed by atoms with van der Waals surface area (Å²) >= 11 is 0. The van der Waals surface area contributed by atoms with Crippen molar-refractivity contribution in [2.45, 2.75) is 19.8 Å². The van der Waals surface area contributed by atoms with Crippen molar-refractivity contribution in [1.29, 1.82) is 0 Å². The van der Waals surface area contributed by atoms with Crippen molar-refractivity contribution in [2.75, 3.05) is 26.3 Å². The molecule has 1 fully saturated rings. The fourth-order valence-corrected chi connectivity index (χ4v) is 1.46. The molecule has 0 saturated carbocycles. The van der Waals surface area contributed by atoms with E-state index in [1.807, 2.05) is 6.92 Å². The highest BCUT2D eigenvalue weighted by atomic mass is 16.5. The number of hydrogen-bond acceptors (Lipinski definition) is 2. The van der Waals surface area contributed by atoms with E-state index in [1.165, 1.54) is 12.8 Å². The third-order valence-electron chi connectivity index (χ3n) is 2.19. The third kappa shape index (κ3) is 3.88. The van der Waals surface area contributed by atoms with Crippen LogP contribution in [0.1, 0.15) is 19.8 Å². The van der Waals surface area contributed by atoms with Gasteiger partial charge in [0.1, 0.15) is 0 Å². The zero-order valence-corrected chi connectivity index (χ0v) is 7.88. The van der Waals surface area contributed by atoms with Gasteiger partial charge in [0.05, 0.1) is 6.61 Å². The Morgan fingerprint density at radius 1 is 1.58 bits per heavy atom. The Hall–Kier alpha value is -0.340. The molecule has 0 aromatic carbocycles. The summed E-state index contributed by atoms with van der Waals surface area (Å²) in [6, 6.07) is 0. The molecule has 0 aromatic heterocycles. The molecule has 0 bridgehead atoms. The summed E-state index contributed by atoms with van der Waals surface area (Å²) in [6.07, 6.45) is 6.77. The van der Waals surface area contributed by atoms with E-state index in [1.54, 1.807) is 0 Å². The van der Waals surface area contributed by atoms with Gasteiger partial charge >= 0.3 is 0 Å². The van der Waals surface area contributed by atoms with Crippen molar-refractivity contribution in [2.24, 2.45) is 5.92 Å². The van der Waals surface area contributed by atoms with Gasteiger partial charge in [0.25, 0.3) is 0 Å². The highest BCUT2D eigenvalue weighted by molar-refractivity contribution is 4.80. The van der Waals surface area contributed by atoms with Gasteiger partial charge in [-0.15, -0.1) is 0 Å². The van der Waals surface area contributed by atoms with Crippen LogP contribution in [0.5, 0.6) is 0 Å². The van der Waals surface area contributed by atoms with Gasteiger partial charge in [0, 0.05) is 19.7 Å². The monoisotopic (exact) mass is 169 g/mol. The first kappa shape index (κ1) is 9.75. The van der Waals surface area contributed by atoms with E-state index in [0.717, 1.165) is 32.2 Å². The van der Waals surface area contributed by atoms with Crippen LogP contribution in [-0.4, -0.2) is 26.3 Å². The smallest absolute Gasteiger partial charge is 0.0506 e. The summed E-state index contributed by atoms with van der Waals surface area (Å²) in [4.78, 5) is 0. The van der Waals surface area contributed by atoms with Crippen molar-refractivity contribution in [1.82, 2.24) is 5.32 Å². The predicted octanol–water partition coefficient (Wildman–Crippen LogP) is 1.58. The highest BCUT2D eigenvalue weighted by Gasteiger charge is 2.12. The van der Waals surface area contributed by atoms with Crippen LogP contribution in [0.25, 0.3) is 0 Å². The average molecular weight is 169 g/mol. The van der Waals surface area contributed by atoms with Gasteiger partial charge in [0.2, 0.25) is 0 Å². The SMILES string of the molecule is C/C=C/CNCC1CCCOC1. The van der Waals surface area contributed by atoms with Gasteiger partial charge in [-0.05, 0) is 25.7 Å². The third-order valence-corrected chi connectivity index (χ3v) is 2.19. The zero-order chi connectivity index (χ0) is 8.65. The number of hydrogen-bond donors (Lipinski definition) is 1. The predicted molar refractivity (Wildman–Crippen MR) is 51.2 cm³/mol. The van der Waals surface area contributed by atoms with Crippen LogP contribution >= 0.6 is 0 Å². The van der Waals surface area contributed by atoms with Crippen molar-refractivity contribution < 1.29 is 4.74 Å². The van der Waals surface area contributed by atoms with Gasteiger partial charge in [-0.3, -0.25) is 0 Å². The van der Waals surface area contributed by atoms with Crippen molar-refractivity contribution >= 4 is 0 Å². The quantitative estimate of drug-likeness (QED) is 0.509. The second kappa shape index (κ2) is 6.21. The Balaban J connectivity index is 1.97. The van der Waals surface area contributed by atoms with Gasteiger partial charge in [-0.1, -0.05) is 12.2 Å². The maximum absolute atomic E-state index is 5.38. The molecule has 0 spiro atoms. The minimum absolute atomic E-state index is 0.740. The summed E-state index contributed by atoms with van der Waals surface area (Å²) in [5, 5.41) is 3.39. The molecule has 2 nitrogen and oxygen atoms in total. The molecule has 1 heterocycles. The van der Waals surface area contributed by atoms with Crippen LogP contribution in [0.15, 0.2) is 12.2 Å². The van der Waals surface area contributed by atoms with Gasteiger partial charge < -0.3 is 10.1 Å². The second-order valence-electron chi connectivity index (χ2n) is 3.31. The molecule has 0 radical (unpaired) electrons. The number of ether oxygens (including phenoxy) is 1. The molecular formula is C10H19NO. The van der Waals surface area contributed by atoms with Crippen LogP contribution in [-0.2, 0) is 4.74 Å². The topological polar surface area (TPSA) is 21.3 Å². The molecule has 1 aliphatic heterocycles. The summed E-state index contributed by atoms with van der Waals surface area (Å²) in [6.45, 7) is 6.05. The summed E-state index contributed by atoms with van der Waals surface area (Å²) < 4.78 is 5.38. The standard InChI is InChI=1S/C10H19NO/c1-2-3-6-11-8-10-5-4-7-12-9-10/h2-3,10-11H,4-9H2,1H3/b3-2+. The van der Waals surface area contributed by atoms with E-state index in [4.69, 9.17) is 4.74 Å². The second-order valence-corrected chi connectivity index (χ2v) is 3.31. The fraction of sp³-hybridized carbons (Fsp3) is 0.800. The normalized spacial score (nSPS) is 24.9. The molecule has 12 heavy (non-hydrogen) atoms. The molecule has 1 aliphatic rings. The van der Waals surface area contributed by atoms with Crippen LogP contribution < -0.4 is 5.32 Å². The minimum atomic E-state index is 0.740. The van der Waals surface area contributed by atoms with Crippen LogP contribution in [0, 0.1) is 5.92 Å². The summed E-state index contributed by atoms with van der Waals surface area (Å²) in [5.41, 5.74) is 0. The number of allylic oxidation sites excluding steroid dienone is 1. The van der Waals surface area contributed by atoms with Crippen LogP contribution in [0.2, 0.25) is 0 Å². The Kier molecular flexibility index (Phi) is 5.04. The van der Waals surface area contributed by atoms with Crippen molar-refractivity contribution in [3.05, 3.63) is 12.2 Å². The van der Waals surface area contributed by atoms with Crippen LogP contribution in [0.4, 0.5) is 0 Å². The molecule has 1 atom stereocenters. The van der Waals surface area contributed by atoms with Crippen molar-refractivity contribution in [3.8, 4) is 0 Å². The van der Waals surface area contributed by atoms with E-state index in [9.17, 15) is 0 Å². The van der Waals surface area contributed by atoms with Crippen molar-refractivity contribution in [3.63, 3.8) is 0 Å². The van der Waals surface area contributed by atoms with E-state index in [2.05, 4.69) is 17.5 Å². The first-order valence-corrected chi connectivity index (χ1v) is 4.83. The van der Waals surface area contributed by atoms with Gasteiger partial charge in [-0.2, -0.15) is 0 Å². The lowest BCUT2D eigenvalue weighted by Gasteiger charge is -2.21. The lowest BCUT2D eigenvalue weighted by Crippen LogP contribution is -2.29. The maximum Gasteiger partial charge on any atom is 0.0506 e. The first-order chi connectivity index (χ1) is 5.93.